The average molecular weight is 359 g/mol. The third-order valence-electron chi connectivity index (χ3n) is 5.12. The van der Waals surface area contributed by atoms with Crippen LogP contribution in [0.2, 0.25) is 0 Å². The van der Waals surface area contributed by atoms with Crippen LogP contribution in [0.25, 0.3) is 0 Å². The Morgan fingerprint density at radius 3 is 2.72 bits per heavy atom. The normalized spacial score (nSPS) is 38.3. The van der Waals surface area contributed by atoms with Crippen molar-refractivity contribution in [2.75, 3.05) is 6.61 Å². The molecule has 140 valence electrons. The summed E-state index contributed by atoms with van der Waals surface area (Å²) in [5.74, 6) is -2.41. The van der Waals surface area contributed by atoms with Crippen LogP contribution >= 0.6 is 0 Å². The lowest BCUT2D eigenvalue weighted by molar-refractivity contribution is -0.692. The van der Waals surface area contributed by atoms with Gasteiger partial charge in [0.2, 0.25) is 0 Å². The third kappa shape index (κ3) is 2.21. The van der Waals surface area contributed by atoms with Gasteiger partial charge in [0.15, 0.2) is 6.04 Å². The first kappa shape index (κ1) is 17.5. The Labute approximate surface area is 143 Å². The fourth-order valence-corrected chi connectivity index (χ4v) is 4.19. The lowest BCUT2D eigenvalue weighted by Gasteiger charge is -2.40. The smallest absolute Gasteiger partial charge is 0.404 e. The molecule has 0 unspecified atom stereocenters. The van der Waals surface area contributed by atoms with Crippen molar-refractivity contribution in [3.63, 3.8) is 0 Å². The lowest BCUT2D eigenvalue weighted by atomic mass is 9.86. The Morgan fingerprint density at radius 2 is 2.12 bits per heavy atom. The Morgan fingerprint density at radius 1 is 1.44 bits per heavy atom. The number of guanidine groups is 2. The fraction of sp³-hybridized carbons (Fsp3) is 0.769. The van der Waals surface area contributed by atoms with Crippen LogP contribution in [0, 0.1) is 0 Å². The van der Waals surface area contributed by atoms with Crippen LogP contribution in [0.3, 0.4) is 0 Å². The molecular weight excluding hydrogens is 334 g/mol. The molecule has 0 aromatic carbocycles. The van der Waals surface area contributed by atoms with Crippen molar-refractivity contribution in [3.05, 3.63) is 0 Å². The van der Waals surface area contributed by atoms with Crippen LogP contribution in [0.4, 0.5) is 4.79 Å². The number of primary amides is 1. The van der Waals surface area contributed by atoms with Crippen LogP contribution in [0.5, 0.6) is 0 Å². The van der Waals surface area contributed by atoms with E-state index in [1.807, 2.05) is 6.92 Å². The number of carbonyl (C=O) groups is 1. The van der Waals surface area contributed by atoms with Crippen LogP contribution in [0.1, 0.15) is 19.8 Å². The number of rotatable bonds is 4. The molecule has 12 heteroatoms. The van der Waals surface area contributed by atoms with Gasteiger partial charge in [-0.1, -0.05) is 13.3 Å². The van der Waals surface area contributed by atoms with Crippen LogP contribution < -0.4 is 32.8 Å². The fourth-order valence-electron chi connectivity index (χ4n) is 4.19. The van der Waals surface area contributed by atoms with E-state index in [0.29, 0.717) is 12.8 Å². The zero-order valence-electron chi connectivity index (χ0n) is 13.8. The largest absolute Gasteiger partial charge is 0.446 e. The standard InChI is InChI=1S/C13H23N7O5/c1-2-3-6-8(21)13(23,24)12-7(18-9(14)19-12)5(4-25-11(16)22)17-10(15)20(6)12/h5-8,21,23-24H,2-4H2,1H3,(H7,14,15,16,17,18,19,22)/p+2/t5-,6-,7-,8-,12-/m0/s1. The number of aliphatic hydroxyl groups excluding tert-OH is 1. The summed E-state index contributed by atoms with van der Waals surface area (Å²) in [6.07, 6.45) is -1.34. The van der Waals surface area contributed by atoms with Gasteiger partial charge in [-0.3, -0.25) is 21.8 Å². The molecule has 0 aromatic rings. The van der Waals surface area contributed by atoms with Crippen molar-refractivity contribution in [3.8, 4) is 0 Å². The van der Waals surface area contributed by atoms with Crippen molar-refractivity contribution in [1.29, 1.82) is 0 Å². The molecular formula is C13H25N7O5+2. The maximum Gasteiger partial charge on any atom is 0.404 e. The van der Waals surface area contributed by atoms with E-state index < -0.39 is 41.8 Å². The number of carbonyl (C=O) groups excluding carboxylic acids is 1. The van der Waals surface area contributed by atoms with Gasteiger partial charge in [-0.15, -0.1) is 0 Å². The van der Waals surface area contributed by atoms with Crippen LogP contribution in [0.15, 0.2) is 0 Å². The molecule has 0 aromatic heterocycles. The van der Waals surface area contributed by atoms with Gasteiger partial charge in [-0.2, -0.15) is 0 Å². The number of hydrogen-bond acceptors (Lipinski definition) is 9. The third-order valence-corrected chi connectivity index (χ3v) is 5.12. The summed E-state index contributed by atoms with van der Waals surface area (Å²) in [6, 6.07) is -2.12. The molecule has 3 aliphatic rings. The second-order valence-electron chi connectivity index (χ2n) is 6.59. The molecule has 5 atom stereocenters. The Bertz CT molecular complexity index is 651. The van der Waals surface area contributed by atoms with Crippen molar-refractivity contribution >= 4 is 18.0 Å². The van der Waals surface area contributed by atoms with Crippen molar-refractivity contribution in [2.45, 2.75) is 55.4 Å². The number of nitrogens with one attached hydrogen (secondary N) is 3. The Kier molecular flexibility index (Phi) is 3.93. The first-order valence-corrected chi connectivity index (χ1v) is 8.07. The first-order valence-electron chi connectivity index (χ1n) is 8.07. The molecule has 12 nitrogen and oxygen atoms in total. The van der Waals surface area contributed by atoms with Crippen molar-refractivity contribution in [1.82, 2.24) is 10.6 Å². The Hall–Kier alpha value is -2.31. The lowest BCUT2D eigenvalue weighted by Crippen LogP contribution is -2.92. The molecule has 3 heterocycles. The SMILES string of the molecule is CCC[C@H]1[C@H](O)C(O)(O)[C@]23NC(N)=[NH+][C@H]2[C@H](COC(N)=O)NC(N)=[N+]13. The second kappa shape index (κ2) is 5.61. The number of hydrogen-bond donors (Lipinski definition) is 9. The predicted octanol–water partition coefficient (Wildman–Crippen LogP) is -6.33. The second-order valence-corrected chi connectivity index (χ2v) is 6.59. The highest BCUT2D eigenvalue weighted by Gasteiger charge is 2.80. The molecule has 3 rings (SSSR count). The molecule has 0 bridgehead atoms. The Balaban J connectivity index is 2.10. The molecule has 0 radical (unpaired) electrons. The van der Waals surface area contributed by atoms with E-state index in [-0.39, 0.29) is 18.5 Å². The maximum atomic E-state index is 10.9. The minimum atomic E-state index is -2.58. The highest BCUT2D eigenvalue weighted by molar-refractivity contribution is 5.78. The van der Waals surface area contributed by atoms with E-state index in [4.69, 9.17) is 21.9 Å². The number of amides is 1. The van der Waals surface area contributed by atoms with Gasteiger partial charge >= 0.3 is 18.0 Å². The van der Waals surface area contributed by atoms with E-state index in [2.05, 4.69) is 15.6 Å². The molecule has 12 N–H and O–H groups in total. The van der Waals surface area contributed by atoms with E-state index >= 15 is 0 Å². The van der Waals surface area contributed by atoms with Gasteiger partial charge in [0.25, 0.3) is 11.4 Å². The maximum absolute atomic E-state index is 10.9. The summed E-state index contributed by atoms with van der Waals surface area (Å²) >= 11 is 0. The van der Waals surface area contributed by atoms with Gasteiger partial charge in [0.05, 0.1) is 0 Å². The highest BCUT2D eigenvalue weighted by Crippen LogP contribution is 2.42. The monoisotopic (exact) mass is 359 g/mol. The predicted molar refractivity (Wildman–Crippen MR) is 83.6 cm³/mol. The molecule has 3 aliphatic heterocycles. The summed E-state index contributed by atoms with van der Waals surface area (Å²) < 4.78 is 6.33. The van der Waals surface area contributed by atoms with E-state index in [0.717, 1.165) is 0 Å². The number of aliphatic hydroxyl groups is 3. The molecule has 25 heavy (non-hydrogen) atoms. The van der Waals surface area contributed by atoms with Gasteiger partial charge in [-0.05, 0) is 6.42 Å². The van der Waals surface area contributed by atoms with E-state index in [9.17, 15) is 20.1 Å². The zero-order valence-corrected chi connectivity index (χ0v) is 13.8. The molecule has 1 saturated heterocycles. The molecule has 1 spiro atoms. The number of nitrogens with two attached hydrogens (primary N) is 3. The van der Waals surface area contributed by atoms with E-state index in [1.165, 1.54) is 4.58 Å². The quantitative estimate of drug-likeness (QED) is 0.172. The first-order chi connectivity index (χ1) is 11.7. The van der Waals surface area contributed by atoms with Gasteiger partial charge < -0.3 is 25.8 Å². The minimum absolute atomic E-state index is 0.0763. The molecule has 0 aliphatic carbocycles. The molecule has 1 amide bonds. The van der Waals surface area contributed by atoms with Crippen molar-refractivity contribution < 1.29 is 34.4 Å². The number of nitrogens with zero attached hydrogens (tertiary/aromatic N) is 1. The summed E-state index contributed by atoms with van der Waals surface area (Å²) in [5, 5.41) is 38.0. The van der Waals surface area contributed by atoms with Gasteiger partial charge in [0.1, 0.15) is 24.8 Å². The number of ether oxygens (including phenoxy) is 1. The summed E-state index contributed by atoms with van der Waals surface area (Å²) in [5.41, 5.74) is 15.3. The topological polar surface area (TPSA) is 206 Å². The van der Waals surface area contributed by atoms with Crippen molar-refractivity contribution in [2.24, 2.45) is 17.2 Å². The minimum Gasteiger partial charge on any atom is -0.446 e. The molecule has 0 saturated carbocycles. The van der Waals surface area contributed by atoms with Gasteiger partial charge in [-0.25, -0.2) is 14.7 Å². The zero-order chi connectivity index (χ0) is 18.6. The van der Waals surface area contributed by atoms with E-state index in [1.54, 1.807) is 0 Å². The van der Waals surface area contributed by atoms with Gasteiger partial charge in [0, 0.05) is 0 Å². The summed E-state index contributed by atoms with van der Waals surface area (Å²) in [7, 11) is 0. The average Bonchev–Trinajstić information content (AvgIpc) is 2.95. The highest BCUT2D eigenvalue weighted by atomic mass is 16.5. The summed E-state index contributed by atoms with van der Waals surface area (Å²) in [6.45, 7) is 1.71. The summed E-state index contributed by atoms with van der Waals surface area (Å²) in [4.78, 5) is 13.8. The van der Waals surface area contributed by atoms with Crippen LogP contribution in [-0.4, -0.2) is 80.2 Å². The molecule has 1 fully saturated rings. The van der Waals surface area contributed by atoms with Crippen LogP contribution in [-0.2, 0) is 4.74 Å².